The monoisotopic (exact) mass is 654 g/mol. The number of rotatable bonds is 13. The summed E-state index contributed by atoms with van der Waals surface area (Å²) in [5.41, 5.74) is 8.08. The van der Waals surface area contributed by atoms with E-state index in [0.29, 0.717) is 35.1 Å². The second-order valence-electron chi connectivity index (χ2n) is 10.7. The Balaban J connectivity index is 1.13. The maximum Gasteiger partial charge on any atom is 0.307 e. The zero-order chi connectivity index (χ0) is 33.3. The number of furan rings is 1. The Kier molecular flexibility index (Phi) is 10.6. The second-order valence-corrected chi connectivity index (χ2v) is 11.1. The van der Waals surface area contributed by atoms with Crippen LogP contribution in [0.3, 0.4) is 0 Å². The highest BCUT2D eigenvalue weighted by Crippen LogP contribution is 2.36. The van der Waals surface area contributed by atoms with Gasteiger partial charge in [0, 0.05) is 22.8 Å². The number of amides is 2. The molecule has 2 aromatic heterocycles. The summed E-state index contributed by atoms with van der Waals surface area (Å²) in [6.45, 7) is 8.12. The van der Waals surface area contributed by atoms with Crippen LogP contribution < -0.4 is 25.0 Å². The molecular formula is C36H35ClN4O6. The number of ether oxygens (including phenoxy) is 3. The van der Waals surface area contributed by atoms with Gasteiger partial charge >= 0.3 is 5.91 Å². The quantitative estimate of drug-likeness (QED) is 0.101. The number of anilines is 1. The highest BCUT2D eigenvalue weighted by molar-refractivity contribution is 6.32. The van der Waals surface area contributed by atoms with Crippen LogP contribution >= 0.6 is 11.6 Å². The maximum absolute atomic E-state index is 12.6. The standard InChI is InChI=1S/C36H35ClN4O6/c1-5-44-33-19-26(18-31(37)35(33)46-22-34(42)39-27-10-6-23(2)7-11-27)20-38-40-36(43)32-17-16-30(47-32)21-45-29-14-12-28(13-15-29)41-24(3)8-9-25(41)4/h6-20H,5,21-22H2,1-4H3,(H,39,42)(H,40,43)/b38-20+. The van der Waals surface area contributed by atoms with Gasteiger partial charge in [0.05, 0.1) is 17.8 Å². The molecule has 0 aliphatic carbocycles. The van der Waals surface area contributed by atoms with Crippen molar-refractivity contribution in [1.82, 2.24) is 9.99 Å². The van der Waals surface area contributed by atoms with Gasteiger partial charge in [-0.2, -0.15) is 5.10 Å². The van der Waals surface area contributed by atoms with Crippen molar-refractivity contribution >= 4 is 35.3 Å². The first-order chi connectivity index (χ1) is 22.7. The number of nitrogens with zero attached hydrogens (tertiary/aromatic N) is 2. The van der Waals surface area contributed by atoms with Crippen LogP contribution in [0.4, 0.5) is 5.69 Å². The van der Waals surface area contributed by atoms with Gasteiger partial charge in [0.1, 0.15) is 18.1 Å². The Morgan fingerprint density at radius 3 is 2.32 bits per heavy atom. The van der Waals surface area contributed by atoms with Gasteiger partial charge in [-0.05, 0) is 106 Å². The van der Waals surface area contributed by atoms with E-state index >= 15 is 0 Å². The summed E-state index contributed by atoms with van der Waals surface area (Å²) in [4.78, 5) is 25.1. The average molecular weight is 655 g/mol. The van der Waals surface area contributed by atoms with Crippen molar-refractivity contribution in [3.63, 3.8) is 0 Å². The molecule has 5 aromatic rings. The van der Waals surface area contributed by atoms with Crippen LogP contribution in [0.15, 0.2) is 94.4 Å². The van der Waals surface area contributed by atoms with Crippen LogP contribution in [0.1, 0.15) is 45.8 Å². The number of hydrazone groups is 1. The Hall–Kier alpha value is -5.48. The second kappa shape index (κ2) is 15.2. The summed E-state index contributed by atoms with van der Waals surface area (Å²) < 4.78 is 25.1. The third-order valence-electron chi connectivity index (χ3n) is 7.03. The molecule has 0 fully saturated rings. The van der Waals surface area contributed by atoms with E-state index in [1.54, 1.807) is 24.3 Å². The lowest BCUT2D eigenvalue weighted by Gasteiger charge is -2.14. The normalized spacial score (nSPS) is 11.0. The number of aryl methyl sites for hydroxylation is 3. The number of carbonyl (C=O) groups excluding carboxylic acids is 2. The van der Waals surface area contributed by atoms with E-state index in [1.807, 2.05) is 62.4 Å². The molecule has 10 nitrogen and oxygen atoms in total. The van der Waals surface area contributed by atoms with E-state index < -0.39 is 5.91 Å². The topological polar surface area (TPSA) is 116 Å². The number of nitrogens with one attached hydrogen (secondary N) is 2. The Morgan fingerprint density at radius 2 is 1.62 bits per heavy atom. The first kappa shape index (κ1) is 32.9. The minimum absolute atomic E-state index is 0.0790. The van der Waals surface area contributed by atoms with Gasteiger partial charge in [-0.25, -0.2) is 5.43 Å². The maximum atomic E-state index is 12.6. The molecule has 242 valence electrons. The largest absolute Gasteiger partial charge is 0.490 e. The van der Waals surface area contributed by atoms with Gasteiger partial charge in [0.2, 0.25) is 0 Å². The van der Waals surface area contributed by atoms with Crippen molar-refractivity contribution in [3.05, 3.63) is 124 Å². The van der Waals surface area contributed by atoms with Gasteiger partial charge in [-0.15, -0.1) is 0 Å². The minimum Gasteiger partial charge on any atom is -0.490 e. The molecule has 0 saturated carbocycles. The molecule has 0 spiro atoms. The first-order valence-corrected chi connectivity index (χ1v) is 15.3. The summed E-state index contributed by atoms with van der Waals surface area (Å²) in [6, 6.07) is 25.8. The van der Waals surface area contributed by atoms with Gasteiger partial charge in [0.15, 0.2) is 23.9 Å². The number of hydrogen-bond acceptors (Lipinski definition) is 7. The fourth-order valence-electron chi connectivity index (χ4n) is 4.76. The van der Waals surface area contributed by atoms with Gasteiger partial charge < -0.3 is 28.5 Å². The van der Waals surface area contributed by atoms with E-state index in [9.17, 15) is 9.59 Å². The third-order valence-corrected chi connectivity index (χ3v) is 7.31. The molecule has 2 amide bonds. The Morgan fingerprint density at radius 1 is 0.894 bits per heavy atom. The molecule has 0 aliphatic rings. The van der Waals surface area contributed by atoms with Crippen molar-refractivity contribution in [2.75, 3.05) is 18.5 Å². The summed E-state index contributed by atoms with van der Waals surface area (Å²) in [7, 11) is 0. The highest BCUT2D eigenvalue weighted by atomic mass is 35.5. The van der Waals surface area contributed by atoms with Crippen LogP contribution in [0.2, 0.25) is 5.02 Å². The molecule has 0 unspecified atom stereocenters. The van der Waals surface area contributed by atoms with Crippen LogP contribution in [0.25, 0.3) is 5.69 Å². The molecule has 47 heavy (non-hydrogen) atoms. The van der Waals surface area contributed by atoms with Crippen molar-refractivity contribution in [2.24, 2.45) is 5.10 Å². The van der Waals surface area contributed by atoms with Crippen LogP contribution in [0, 0.1) is 20.8 Å². The number of benzene rings is 3. The van der Waals surface area contributed by atoms with Crippen LogP contribution in [-0.4, -0.2) is 35.8 Å². The highest BCUT2D eigenvalue weighted by Gasteiger charge is 2.15. The third kappa shape index (κ3) is 8.62. The molecule has 3 aromatic carbocycles. The zero-order valence-corrected chi connectivity index (χ0v) is 27.3. The molecule has 0 radical (unpaired) electrons. The number of aromatic nitrogens is 1. The van der Waals surface area contributed by atoms with Crippen LogP contribution in [0.5, 0.6) is 17.2 Å². The fourth-order valence-corrected chi connectivity index (χ4v) is 5.03. The smallest absolute Gasteiger partial charge is 0.307 e. The van der Waals surface area contributed by atoms with E-state index in [1.165, 1.54) is 6.21 Å². The van der Waals surface area contributed by atoms with E-state index in [-0.39, 0.29) is 35.7 Å². The minimum atomic E-state index is -0.537. The van der Waals surface area contributed by atoms with Crippen LogP contribution in [-0.2, 0) is 11.4 Å². The summed E-state index contributed by atoms with van der Waals surface area (Å²) in [5.74, 6) is 0.908. The molecule has 0 bridgehead atoms. The van der Waals surface area contributed by atoms with Gasteiger partial charge in [-0.3, -0.25) is 9.59 Å². The molecule has 0 atom stereocenters. The van der Waals surface area contributed by atoms with Crippen molar-refractivity contribution < 1.29 is 28.2 Å². The average Bonchev–Trinajstić information content (AvgIpc) is 3.67. The molecule has 0 saturated heterocycles. The molecule has 2 N–H and O–H groups in total. The lowest BCUT2D eigenvalue weighted by Crippen LogP contribution is -2.20. The van der Waals surface area contributed by atoms with Crippen molar-refractivity contribution in [2.45, 2.75) is 34.3 Å². The summed E-state index contributed by atoms with van der Waals surface area (Å²) >= 11 is 6.48. The van der Waals surface area contributed by atoms with Crippen molar-refractivity contribution in [1.29, 1.82) is 0 Å². The SMILES string of the molecule is CCOc1cc(/C=N/NC(=O)c2ccc(COc3ccc(-n4c(C)ccc4C)cc3)o2)cc(Cl)c1OCC(=O)Nc1ccc(C)cc1. The Labute approximate surface area is 277 Å². The van der Waals surface area contributed by atoms with E-state index in [0.717, 1.165) is 22.6 Å². The summed E-state index contributed by atoms with van der Waals surface area (Å²) in [5, 5.41) is 7.01. The van der Waals surface area contributed by atoms with E-state index in [2.05, 4.69) is 46.4 Å². The first-order valence-electron chi connectivity index (χ1n) is 15.0. The van der Waals surface area contributed by atoms with Gasteiger partial charge in [-0.1, -0.05) is 29.3 Å². The molecular weight excluding hydrogens is 620 g/mol. The molecule has 2 heterocycles. The number of hydrogen-bond donors (Lipinski definition) is 2. The van der Waals surface area contributed by atoms with E-state index in [4.69, 9.17) is 30.2 Å². The van der Waals surface area contributed by atoms with Crippen molar-refractivity contribution in [3.8, 4) is 22.9 Å². The fraction of sp³-hybridized carbons (Fsp3) is 0.194. The predicted molar refractivity (Wildman–Crippen MR) is 181 cm³/mol. The molecule has 5 rings (SSSR count). The lowest BCUT2D eigenvalue weighted by molar-refractivity contribution is -0.118. The molecule has 0 aliphatic heterocycles. The number of halogens is 1. The molecule has 11 heteroatoms. The Bertz CT molecular complexity index is 1860. The summed E-state index contributed by atoms with van der Waals surface area (Å²) in [6.07, 6.45) is 1.41. The lowest BCUT2D eigenvalue weighted by atomic mass is 10.2. The predicted octanol–water partition coefficient (Wildman–Crippen LogP) is 7.41. The number of carbonyl (C=O) groups is 2. The zero-order valence-electron chi connectivity index (χ0n) is 26.5. The van der Waals surface area contributed by atoms with Gasteiger partial charge in [0.25, 0.3) is 5.91 Å².